The number of nitrogens with two attached hydrogens (primary N) is 1. The van der Waals surface area contributed by atoms with Crippen LogP contribution in [0.2, 0.25) is 0 Å². The molecule has 7 heteroatoms. The van der Waals surface area contributed by atoms with Crippen LogP contribution in [0.25, 0.3) is 10.2 Å². The molecule has 1 aromatic carbocycles. The average Bonchev–Trinajstić information content (AvgIpc) is 3.03. The molecule has 0 saturated carbocycles. The van der Waals surface area contributed by atoms with Gasteiger partial charge >= 0.3 is 0 Å². The largest absolute Gasteiger partial charge is 0.399 e. The molecule has 0 aliphatic heterocycles. The maximum atomic E-state index is 12.3. The van der Waals surface area contributed by atoms with E-state index in [0.717, 1.165) is 16.0 Å². The Labute approximate surface area is 125 Å². The van der Waals surface area contributed by atoms with Crippen molar-refractivity contribution in [2.45, 2.75) is 19.9 Å². The Kier molecular flexibility index (Phi) is 3.34. The number of fused-ring (bicyclic) bond motifs is 1. The first-order valence-corrected chi connectivity index (χ1v) is 7.32. The summed E-state index contributed by atoms with van der Waals surface area (Å²) < 4.78 is 2.78. The summed E-state index contributed by atoms with van der Waals surface area (Å²) in [6.45, 7) is 3.69. The van der Waals surface area contributed by atoms with E-state index in [-0.39, 0.29) is 11.9 Å². The summed E-state index contributed by atoms with van der Waals surface area (Å²) in [5, 5.41) is 3.42. The number of nitrogens with zero attached hydrogens (tertiary/aromatic N) is 3. The smallest absolute Gasteiger partial charge is 0.248 e. The number of nitrogen functional groups attached to an aromatic ring is 1. The molecule has 3 aromatic rings. The van der Waals surface area contributed by atoms with Gasteiger partial charge in [0.05, 0.1) is 10.2 Å². The summed E-state index contributed by atoms with van der Waals surface area (Å²) in [6, 6.07) is 5.15. The lowest BCUT2D eigenvalue weighted by Gasteiger charge is -2.13. The van der Waals surface area contributed by atoms with Gasteiger partial charge < -0.3 is 15.6 Å². The van der Waals surface area contributed by atoms with E-state index < -0.39 is 0 Å². The number of carbonyl (C=O) groups excluding carboxylic acids is 1. The van der Waals surface area contributed by atoms with Gasteiger partial charge in [-0.25, -0.2) is 9.97 Å². The standard InChI is InChI=1S/C14H15N5OS/c1-8(19-6-5-16-9(19)2)13(20)18-14-17-11-4-3-10(15)7-12(11)21-14/h3-8H,15H2,1-2H3,(H,17,18,20). The molecule has 6 nitrogen and oxygen atoms in total. The van der Waals surface area contributed by atoms with Crippen molar-refractivity contribution in [1.82, 2.24) is 14.5 Å². The van der Waals surface area contributed by atoms with Crippen LogP contribution >= 0.6 is 11.3 Å². The molecule has 0 aliphatic carbocycles. The molecular weight excluding hydrogens is 286 g/mol. The molecule has 3 rings (SSSR count). The van der Waals surface area contributed by atoms with Crippen LogP contribution in [0.1, 0.15) is 18.8 Å². The fourth-order valence-electron chi connectivity index (χ4n) is 2.13. The lowest BCUT2D eigenvalue weighted by molar-refractivity contribution is -0.118. The summed E-state index contributed by atoms with van der Waals surface area (Å²) >= 11 is 1.41. The molecule has 0 bridgehead atoms. The van der Waals surface area contributed by atoms with E-state index in [1.165, 1.54) is 11.3 Å². The lowest BCUT2D eigenvalue weighted by Crippen LogP contribution is -2.23. The van der Waals surface area contributed by atoms with Crippen molar-refractivity contribution in [2.75, 3.05) is 11.1 Å². The molecular formula is C14H15N5OS. The van der Waals surface area contributed by atoms with E-state index in [9.17, 15) is 4.79 Å². The number of thiazole rings is 1. The predicted octanol–water partition coefficient (Wildman–Crippen LogP) is 2.58. The highest BCUT2D eigenvalue weighted by Gasteiger charge is 2.17. The second kappa shape index (κ2) is 5.17. The van der Waals surface area contributed by atoms with Crippen LogP contribution in [-0.2, 0) is 4.79 Å². The second-order valence-electron chi connectivity index (χ2n) is 4.79. The normalized spacial score (nSPS) is 12.5. The van der Waals surface area contributed by atoms with Crippen molar-refractivity contribution in [1.29, 1.82) is 0 Å². The monoisotopic (exact) mass is 301 g/mol. The number of hydrogen-bond donors (Lipinski definition) is 2. The topological polar surface area (TPSA) is 85.8 Å². The Balaban J connectivity index is 1.81. The van der Waals surface area contributed by atoms with Gasteiger partial charge in [-0.05, 0) is 32.0 Å². The van der Waals surface area contributed by atoms with Gasteiger partial charge in [0.15, 0.2) is 5.13 Å². The number of imidazole rings is 1. The Morgan fingerprint density at radius 1 is 1.48 bits per heavy atom. The molecule has 1 atom stereocenters. The van der Waals surface area contributed by atoms with Crippen LogP contribution in [0.5, 0.6) is 0 Å². The molecule has 0 saturated heterocycles. The number of carbonyl (C=O) groups is 1. The minimum atomic E-state index is -0.343. The van der Waals surface area contributed by atoms with Gasteiger partial charge in [0, 0.05) is 18.1 Å². The van der Waals surface area contributed by atoms with Crippen molar-refractivity contribution < 1.29 is 4.79 Å². The van der Waals surface area contributed by atoms with E-state index in [4.69, 9.17) is 5.73 Å². The Hall–Kier alpha value is -2.41. The molecule has 108 valence electrons. The van der Waals surface area contributed by atoms with Crippen molar-refractivity contribution in [3.05, 3.63) is 36.4 Å². The first-order chi connectivity index (χ1) is 10.0. The molecule has 0 aliphatic rings. The fraction of sp³-hybridized carbons (Fsp3) is 0.214. The zero-order valence-corrected chi connectivity index (χ0v) is 12.5. The van der Waals surface area contributed by atoms with Gasteiger partial charge in [0.25, 0.3) is 0 Å². The Morgan fingerprint density at radius 2 is 2.29 bits per heavy atom. The van der Waals surface area contributed by atoms with E-state index in [0.29, 0.717) is 10.8 Å². The number of anilines is 2. The van der Waals surface area contributed by atoms with Gasteiger partial charge in [0.2, 0.25) is 5.91 Å². The summed E-state index contributed by atoms with van der Waals surface area (Å²) in [4.78, 5) is 20.8. The van der Waals surface area contributed by atoms with Crippen LogP contribution < -0.4 is 11.1 Å². The van der Waals surface area contributed by atoms with Crippen LogP contribution in [-0.4, -0.2) is 20.4 Å². The third-order valence-corrected chi connectivity index (χ3v) is 4.24. The molecule has 21 heavy (non-hydrogen) atoms. The molecule has 0 fully saturated rings. The van der Waals surface area contributed by atoms with Crippen LogP contribution in [0.4, 0.5) is 10.8 Å². The Morgan fingerprint density at radius 3 is 3.00 bits per heavy atom. The predicted molar refractivity (Wildman–Crippen MR) is 84.3 cm³/mol. The van der Waals surface area contributed by atoms with E-state index in [1.54, 1.807) is 18.5 Å². The lowest BCUT2D eigenvalue weighted by atomic mass is 10.3. The third kappa shape index (κ3) is 2.59. The van der Waals surface area contributed by atoms with Gasteiger partial charge in [0.1, 0.15) is 11.9 Å². The summed E-state index contributed by atoms with van der Waals surface area (Å²) in [7, 11) is 0. The average molecular weight is 301 g/mol. The zero-order valence-electron chi connectivity index (χ0n) is 11.7. The zero-order chi connectivity index (χ0) is 15.0. The summed E-state index contributed by atoms with van der Waals surface area (Å²) in [5.74, 6) is 0.679. The van der Waals surface area contributed by atoms with Gasteiger partial charge in [-0.15, -0.1) is 0 Å². The van der Waals surface area contributed by atoms with Crippen molar-refractivity contribution in [3.63, 3.8) is 0 Å². The number of aryl methyl sites for hydroxylation is 1. The van der Waals surface area contributed by atoms with Crippen molar-refractivity contribution >= 4 is 38.3 Å². The molecule has 0 spiro atoms. The molecule has 0 radical (unpaired) electrons. The quantitative estimate of drug-likeness (QED) is 0.728. The Bertz CT molecular complexity index is 807. The SMILES string of the molecule is Cc1nccn1C(C)C(=O)Nc1nc2ccc(N)cc2s1. The van der Waals surface area contributed by atoms with E-state index >= 15 is 0 Å². The molecule has 1 unspecified atom stereocenters. The summed E-state index contributed by atoms with van der Waals surface area (Å²) in [6.07, 6.45) is 3.47. The van der Waals surface area contributed by atoms with Gasteiger partial charge in [-0.2, -0.15) is 0 Å². The minimum absolute atomic E-state index is 0.122. The second-order valence-corrected chi connectivity index (χ2v) is 5.82. The first-order valence-electron chi connectivity index (χ1n) is 6.51. The molecule has 3 N–H and O–H groups in total. The van der Waals surface area contributed by atoms with Crippen LogP contribution in [0.3, 0.4) is 0 Å². The van der Waals surface area contributed by atoms with E-state index in [2.05, 4.69) is 15.3 Å². The highest BCUT2D eigenvalue weighted by atomic mass is 32.1. The van der Waals surface area contributed by atoms with Crippen molar-refractivity contribution in [3.8, 4) is 0 Å². The minimum Gasteiger partial charge on any atom is -0.399 e. The molecule has 2 aromatic heterocycles. The first kappa shape index (κ1) is 13.6. The maximum Gasteiger partial charge on any atom is 0.248 e. The molecule has 1 amide bonds. The van der Waals surface area contributed by atoms with Crippen LogP contribution in [0, 0.1) is 6.92 Å². The third-order valence-electron chi connectivity index (χ3n) is 3.30. The number of rotatable bonds is 3. The van der Waals surface area contributed by atoms with Gasteiger partial charge in [-0.1, -0.05) is 11.3 Å². The number of amides is 1. The highest BCUT2D eigenvalue weighted by molar-refractivity contribution is 7.22. The van der Waals surface area contributed by atoms with E-state index in [1.807, 2.05) is 30.5 Å². The highest BCUT2D eigenvalue weighted by Crippen LogP contribution is 2.28. The number of aromatic nitrogens is 3. The van der Waals surface area contributed by atoms with Gasteiger partial charge in [-0.3, -0.25) is 4.79 Å². The van der Waals surface area contributed by atoms with Crippen LogP contribution in [0.15, 0.2) is 30.6 Å². The van der Waals surface area contributed by atoms with Crippen molar-refractivity contribution in [2.24, 2.45) is 0 Å². The maximum absolute atomic E-state index is 12.3. The number of hydrogen-bond acceptors (Lipinski definition) is 5. The molecule has 2 heterocycles. The number of nitrogens with one attached hydrogen (secondary N) is 1. The summed E-state index contributed by atoms with van der Waals surface area (Å²) in [5.41, 5.74) is 7.26. The fourth-order valence-corrected chi connectivity index (χ4v) is 3.04. The number of benzene rings is 1.